The zero-order valence-corrected chi connectivity index (χ0v) is 13.3. The summed E-state index contributed by atoms with van der Waals surface area (Å²) in [6, 6.07) is 0. The van der Waals surface area contributed by atoms with Gasteiger partial charge in [-0.3, -0.25) is 9.59 Å². The van der Waals surface area contributed by atoms with Crippen molar-refractivity contribution in [3.8, 4) is 0 Å². The normalized spacial score (nSPS) is 15.8. The monoisotopic (exact) mass is 284 g/mol. The maximum absolute atomic E-state index is 11.3. The molecule has 20 heavy (non-hydrogen) atoms. The first-order valence-corrected chi connectivity index (χ1v) is 7.23. The predicted octanol–water partition coefficient (Wildman–Crippen LogP) is 3.96. The van der Waals surface area contributed by atoms with E-state index >= 15 is 0 Å². The van der Waals surface area contributed by atoms with Gasteiger partial charge in [0.2, 0.25) is 0 Å². The van der Waals surface area contributed by atoms with E-state index in [4.69, 9.17) is 5.11 Å². The molecule has 0 aliphatic rings. The highest BCUT2D eigenvalue weighted by Crippen LogP contribution is 2.34. The molecule has 0 aromatic carbocycles. The smallest absolute Gasteiger partial charge is 0.307 e. The van der Waals surface area contributed by atoms with Crippen LogP contribution in [-0.2, 0) is 9.59 Å². The van der Waals surface area contributed by atoms with Gasteiger partial charge in [0.1, 0.15) is 0 Å². The Labute approximate surface area is 121 Å². The van der Waals surface area contributed by atoms with Gasteiger partial charge in [0, 0.05) is 0 Å². The number of hydrogen-bond acceptors (Lipinski definition) is 2. The Kier molecular flexibility index (Phi) is 7.54. The number of aliphatic carboxylic acids is 2. The van der Waals surface area contributed by atoms with Gasteiger partial charge in [-0.15, -0.1) is 0 Å². The molecule has 0 heterocycles. The minimum Gasteiger partial charge on any atom is -0.481 e. The Morgan fingerprint density at radius 1 is 1.20 bits per heavy atom. The molecule has 0 amide bonds. The van der Waals surface area contributed by atoms with E-state index in [0.717, 1.165) is 24.8 Å². The minimum atomic E-state index is -1.07. The van der Waals surface area contributed by atoms with Crippen molar-refractivity contribution in [2.75, 3.05) is 0 Å². The molecule has 0 saturated carbocycles. The van der Waals surface area contributed by atoms with E-state index in [9.17, 15) is 14.7 Å². The van der Waals surface area contributed by atoms with E-state index in [2.05, 4.69) is 13.8 Å². The summed E-state index contributed by atoms with van der Waals surface area (Å²) >= 11 is 0. The van der Waals surface area contributed by atoms with Crippen LogP contribution < -0.4 is 0 Å². The number of allylic oxidation sites excluding steroid dienone is 2. The second-order valence-corrected chi connectivity index (χ2v) is 6.40. The molecule has 0 fully saturated rings. The molecule has 0 aliphatic carbocycles. The highest BCUT2D eigenvalue weighted by atomic mass is 16.4. The van der Waals surface area contributed by atoms with Crippen LogP contribution in [0.1, 0.15) is 60.3 Å². The number of carbonyl (C=O) groups is 2. The molecule has 2 N–H and O–H groups in total. The Balaban J connectivity index is 4.98. The summed E-state index contributed by atoms with van der Waals surface area (Å²) in [5.74, 6) is -2.47. The average Bonchev–Trinajstić information content (AvgIpc) is 2.24. The van der Waals surface area contributed by atoms with Gasteiger partial charge < -0.3 is 10.2 Å². The number of hydrogen-bond donors (Lipinski definition) is 2. The maximum Gasteiger partial charge on any atom is 0.307 e. The standard InChI is InChI=1S/C16H28O4/c1-6-7-11(2)8-12(3)10-16(4,5)13(15(19)20)9-14(17)18/h10-11,13H,6-9H2,1-5H3,(H,17,18)(H,19,20). The van der Waals surface area contributed by atoms with Gasteiger partial charge in [-0.25, -0.2) is 0 Å². The average molecular weight is 284 g/mol. The van der Waals surface area contributed by atoms with E-state index in [1.807, 2.05) is 13.0 Å². The highest BCUT2D eigenvalue weighted by Gasteiger charge is 2.35. The lowest BCUT2D eigenvalue weighted by molar-refractivity contribution is -0.151. The Bertz CT molecular complexity index is 369. The van der Waals surface area contributed by atoms with Gasteiger partial charge in [-0.2, -0.15) is 0 Å². The Hall–Kier alpha value is -1.32. The van der Waals surface area contributed by atoms with E-state index in [1.54, 1.807) is 13.8 Å². The molecule has 2 unspecified atom stereocenters. The van der Waals surface area contributed by atoms with Gasteiger partial charge in [0.05, 0.1) is 12.3 Å². The van der Waals surface area contributed by atoms with Crippen LogP contribution in [0.4, 0.5) is 0 Å². The summed E-state index contributed by atoms with van der Waals surface area (Å²) < 4.78 is 0. The highest BCUT2D eigenvalue weighted by molar-refractivity contribution is 5.78. The molecule has 2 atom stereocenters. The van der Waals surface area contributed by atoms with Crippen LogP contribution in [0.3, 0.4) is 0 Å². The van der Waals surface area contributed by atoms with E-state index in [1.165, 1.54) is 0 Å². The van der Waals surface area contributed by atoms with Crippen molar-refractivity contribution in [1.29, 1.82) is 0 Å². The molecule has 0 aromatic rings. The van der Waals surface area contributed by atoms with Gasteiger partial charge in [0.25, 0.3) is 0 Å². The van der Waals surface area contributed by atoms with E-state index in [-0.39, 0.29) is 6.42 Å². The second kappa shape index (κ2) is 8.08. The van der Waals surface area contributed by atoms with Crippen LogP contribution in [0.25, 0.3) is 0 Å². The molecule has 0 spiro atoms. The lowest BCUT2D eigenvalue weighted by Crippen LogP contribution is -2.31. The summed E-state index contributed by atoms with van der Waals surface area (Å²) in [5.41, 5.74) is 0.466. The molecule has 0 aliphatic heterocycles. The van der Waals surface area contributed by atoms with Crippen molar-refractivity contribution in [2.24, 2.45) is 17.3 Å². The van der Waals surface area contributed by atoms with Crippen molar-refractivity contribution in [2.45, 2.75) is 60.3 Å². The second-order valence-electron chi connectivity index (χ2n) is 6.40. The number of rotatable bonds is 9. The van der Waals surface area contributed by atoms with Gasteiger partial charge in [-0.05, 0) is 24.7 Å². The summed E-state index contributed by atoms with van der Waals surface area (Å²) in [6.07, 6.45) is 4.78. The molecule has 0 radical (unpaired) electrons. The van der Waals surface area contributed by atoms with E-state index in [0.29, 0.717) is 5.92 Å². The van der Waals surface area contributed by atoms with Gasteiger partial charge in [0.15, 0.2) is 0 Å². The first-order valence-electron chi connectivity index (χ1n) is 7.23. The topological polar surface area (TPSA) is 74.6 Å². The van der Waals surface area contributed by atoms with Crippen LogP contribution in [0.2, 0.25) is 0 Å². The van der Waals surface area contributed by atoms with Crippen LogP contribution in [0, 0.1) is 17.3 Å². The molecular formula is C16H28O4. The summed E-state index contributed by atoms with van der Waals surface area (Å²) in [7, 11) is 0. The largest absolute Gasteiger partial charge is 0.481 e. The summed E-state index contributed by atoms with van der Waals surface area (Å²) in [5, 5.41) is 18.1. The third kappa shape index (κ3) is 6.73. The van der Waals surface area contributed by atoms with Crippen molar-refractivity contribution in [1.82, 2.24) is 0 Å². The first kappa shape index (κ1) is 18.7. The fraction of sp³-hybridized carbons (Fsp3) is 0.750. The SMILES string of the molecule is CCCC(C)CC(C)=CC(C)(C)C(CC(=O)O)C(=O)O. The van der Waals surface area contributed by atoms with E-state index < -0.39 is 23.3 Å². The van der Waals surface area contributed by atoms with Crippen LogP contribution in [-0.4, -0.2) is 22.2 Å². The summed E-state index contributed by atoms with van der Waals surface area (Å²) in [6.45, 7) is 9.91. The quantitative estimate of drug-likeness (QED) is 0.628. The Morgan fingerprint density at radius 2 is 1.75 bits per heavy atom. The van der Waals surface area contributed by atoms with Crippen molar-refractivity contribution >= 4 is 11.9 Å². The molecular weight excluding hydrogens is 256 g/mol. The molecule has 0 bridgehead atoms. The van der Waals surface area contributed by atoms with Crippen molar-refractivity contribution in [3.63, 3.8) is 0 Å². The summed E-state index contributed by atoms with van der Waals surface area (Å²) in [4.78, 5) is 22.1. The minimum absolute atomic E-state index is 0.351. The maximum atomic E-state index is 11.3. The lowest BCUT2D eigenvalue weighted by Gasteiger charge is -2.28. The van der Waals surface area contributed by atoms with Crippen LogP contribution in [0.5, 0.6) is 0 Å². The van der Waals surface area contributed by atoms with Crippen LogP contribution in [0.15, 0.2) is 11.6 Å². The molecule has 0 rings (SSSR count). The van der Waals surface area contributed by atoms with Gasteiger partial charge in [-0.1, -0.05) is 52.2 Å². The third-order valence-corrected chi connectivity index (χ3v) is 3.65. The zero-order valence-electron chi connectivity index (χ0n) is 13.3. The predicted molar refractivity (Wildman–Crippen MR) is 79.6 cm³/mol. The number of carboxylic acid groups (broad SMARTS) is 2. The van der Waals surface area contributed by atoms with Crippen LogP contribution >= 0.6 is 0 Å². The first-order chi connectivity index (χ1) is 9.10. The van der Waals surface area contributed by atoms with Crippen molar-refractivity contribution < 1.29 is 19.8 Å². The fourth-order valence-electron chi connectivity index (χ4n) is 2.78. The third-order valence-electron chi connectivity index (χ3n) is 3.65. The molecule has 0 saturated heterocycles. The Morgan fingerprint density at radius 3 is 2.15 bits per heavy atom. The molecule has 4 heteroatoms. The molecule has 0 aromatic heterocycles. The zero-order chi connectivity index (χ0) is 15.9. The lowest BCUT2D eigenvalue weighted by atomic mass is 9.75. The van der Waals surface area contributed by atoms with Gasteiger partial charge >= 0.3 is 11.9 Å². The molecule has 116 valence electrons. The molecule has 4 nitrogen and oxygen atoms in total. The number of carboxylic acids is 2. The fourth-order valence-corrected chi connectivity index (χ4v) is 2.78. The van der Waals surface area contributed by atoms with Crippen molar-refractivity contribution in [3.05, 3.63) is 11.6 Å².